The van der Waals surface area contributed by atoms with Gasteiger partial charge in [-0.2, -0.15) is 0 Å². The molecule has 3 nitrogen and oxygen atoms in total. The third kappa shape index (κ3) is 3.93. The largest absolute Gasteiger partial charge is 0.336 e. The van der Waals surface area contributed by atoms with Crippen LogP contribution < -0.4 is 5.32 Å². The fraction of sp³-hybridized carbons (Fsp3) is 0.438. The number of amides is 1. The first kappa shape index (κ1) is 13.8. The van der Waals surface area contributed by atoms with E-state index in [9.17, 15) is 4.79 Å². The van der Waals surface area contributed by atoms with E-state index in [2.05, 4.69) is 38.2 Å². The van der Waals surface area contributed by atoms with Crippen LogP contribution in [0.4, 0.5) is 0 Å². The molecule has 0 radical (unpaired) electrons. The lowest BCUT2D eigenvalue weighted by Gasteiger charge is -2.35. The summed E-state index contributed by atoms with van der Waals surface area (Å²) in [5.41, 5.74) is 2.28. The highest BCUT2D eigenvalue weighted by atomic mass is 16.2. The zero-order valence-electron chi connectivity index (χ0n) is 11.9. The predicted molar refractivity (Wildman–Crippen MR) is 78.9 cm³/mol. The van der Waals surface area contributed by atoms with Crippen LogP contribution in [0, 0.1) is 6.92 Å². The van der Waals surface area contributed by atoms with Gasteiger partial charge in [0.25, 0.3) is 0 Å². The molecule has 1 heterocycles. The van der Waals surface area contributed by atoms with Gasteiger partial charge in [-0.15, -0.1) is 0 Å². The Morgan fingerprint density at radius 2 is 2.00 bits per heavy atom. The van der Waals surface area contributed by atoms with Crippen LogP contribution in [0.25, 0.3) is 6.08 Å². The summed E-state index contributed by atoms with van der Waals surface area (Å²) in [4.78, 5) is 14.1. The van der Waals surface area contributed by atoms with Crippen LogP contribution in [0.1, 0.15) is 25.0 Å². The minimum atomic E-state index is 0.0988. The first-order valence-electron chi connectivity index (χ1n) is 6.84. The molecule has 1 aromatic carbocycles. The van der Waals surface area contributed by atoms with Gasteiger partial charge in [-0.05, 0) is 32.4 Å². The Kier molecular flexibility index (Phi) is 4.38. The van der Waals surface area contributed by atoms with Crippen LogP contribution in [-0.2, 0) is 4.79 Å². The Balaban J connectivity index is 2.00. The van der Waals surface area contributed by atoms with E-state index in [-0.39, 0.29) is 5.91 Å². The second kappa shape index (κ2) is 6.02. The lowest BCUT2D eigenvalue weighted by Crippen LogP contribution is -2.55. The van der Waals surface area contributed by atoms with Gasteiger partial charge >= 0.3 is 0 Å². The van der Waals surface area contributed by atoms with Crippen molar-refractivity contribution >= 4 is 12.0 Å². The van der Waals surface area contributed by atoms with Crippen LogP contribution in [0.15, 0.2) is 30.3 Å². The molecule has 1 saturated heterocycles. The zero-order chi connectivity index (χ0) is 13.8. The molecule has 0 spiro atoms. The van der Waals surface area contributed by atoms with E-state index in [1.54, 1.807) is 6.08 Å². The van der Waals surface area contributed by atoms with Gasteiger partial charge in [0, 0.05) is 31.2 Å². The minimum Gasteiger partial charge on any atom is -0.336 e. The SMILES string of the molecule is Cc1cccc(/C=C/C(=O)N2CC(C)NC(C)C2)c1. The molecule has 19 heavy (non-hydrogen) atoms. The number of rotatable bonds is 2. The Labute approximate surface area is 115 Å². The summed E-state index contributed by atoms with van der Waals surface area (Å²) in [6.07, 6.45) is 3.58. The van der Waals surface area contributed by atoms with Crippen LogP contribution in [0.2, 0.25) is 0 Å². The topological polar surface area (TPSA) is 32.3 Å². The monoisotopic (exact) mass is 258 g/mol. The van der Waals surface area contributed by atoms with Crippen LogP contribution in [0.3, 0.4) is 0 Å². The standard InChI is InChI=1S/C16H22N2O/c1-12-5-4-6-15(9-12)7-8-16(19)18-10-13(2)17-14(3)11-18/h4-9,13-14,17H,10-11H2,1-3H3/b8-7+. The molecule has 2 rings (SSSR count). The second-order valence-corrected chi connectivity index (χ2v) is 5.46. The molecule has 1 aliphatic rings. The van der Waals surface area contributed by atoms with Crippen molar-refractivity contribution in [2.24, 2.45) is 0 Å². The van der Waals surface area contributed by atoms with Gasteiger partial charge in [0.05, 0.1) is 0 Å². The van der Waals surface area contributed by atoms with Crippen molar-refractivity contribution in [2.75, 3.05) is 13.1 Å². The highest BCUT2D eigenvalue weighted by molar-refractivity contribution is 5.91. The normalized spacial score (nSPS) is 23.8. The summed E-state index contributed by atoms with van der Waals surface area (Å²) in [5, 5.41) is 3.43. The number of carbonyl (C=O) groups excluding carboxylic acids is 1. The number of hydrogen-bond acceptors (Lipinski definition) is 2. The lowest BCUT2D eigenvalue weighted by atomic mass is 10.1. The Morgan fingerprint density at radius 1 is 1.32 bits per heavy atom. The van der Waals surface area contributed by atoms with Gasteiger partial charge in [0.2, 0.25) is 5.91 Å². The number of nitrogens with one attached hydrogen (secondary N) is 1. The third-order valence-electron chi connectivity index (χ3n) is 3.33. The maximum Gasteiger partial charge on any atom is 0.246 e. The van der Waals surface area contributed by atoms with Crippen molar-refractivity contribution in [1.29, 1.82) is 0 Å². The average molecular weight is 258 g/mol. The van der Waals surface area contributed by atoms with Crippen molar-refractivity contribution < 1.29 is 4.79 Å². The van der Waals surface area contributed by atoms with Gasteiger partial charge < -0.3 is 10.2 Å². The fourth-order valence-corrected chi connectivity index (χ4v) is 2.55. The number of piperazine rings is 1. The van der Waals surface area contributed by atoms with E-state index in [0.29, 0.717) is 12.1 Å². The third-order valence-corrected chi connectivity index (χ3v) is 3.33. The molecule has 1 fully saturated rings. The molecule has 1 aliphatic heterocycles. The molecule has 0 aromatic heterocycles. The van der Waals surface area contributed by atoms with Crippen molar-refractivity contribution in [3.05, 3.63) is 41.5 Å². The van der Waals surface area contributed by atoms with Crippen LogP contribution >= 0.6 is 0 Å². The van der Waals surface area contributed by atoms with Gasteiger partial charge in [-0.1, -0.05) is 29.8 Å². The number of benzene rings is 1. The van der Waals surface area contributed by atoms with Crippen molar-refractivity contribution in [3.63, 3.8) is 0 Å². The smallest absolute Gasteiger partial charge is 0.246 e. The summed E-state index contributed by atoms with van der Waals surface area (Å²) in [5.74, 6) is 0.0988. The van der Waals surface area contributed by atoms with Crippen molar-refractivity contribution in [2.45, 2.75) is 32.9 Å². The summed E-state index contributed by atoms with van der Waals surface area (Å²) in [7, 11) is 0. The summed E-state index contributed by atoms with van der Waals surface area (Å²) in [6, 6.07) is 8.87. The molecule has 1 amide bonds. The maximum atomic E-state index is 12.2. The summed E-state index contributed by atoms with van der Waals surface area (Å²) >= 11 is 0. The molecule has 3 heteroatoms. The minimum absolute atomic E-state index is 0.0988. The van der Waals surface area contributed by atoms with Gasteiger partial charge in [-0.3, -0.25) is 4.79 Å². The molecule has 1 N–H and O–H groups in total. The molecule has 0 aliphatic carbocycles. The molecule has 0 bridgehead atoms. The average Bonchev–Trinajstić information content (AvgIpc) is 2.35. The van der Waals surface area contributed by atoms with Crippen LogP contribution in [0.5, 0.6) is 0 Å². The van der Waals surface area contributed by atoms with E-state index >= 15 is 0 Å². The molecule has 2 unspecified atom stereocenters. The molecule has 0 saturated carbocycles. The molecular weight excluding hydrogens is 236 g/mol. The van der Waals surface area contributed by atoms with Gasteiger partial charge in [0.1, 0.15) is 0 Å². The van der Waals surface area contributed by atoms with Gasteiger partial charge in [-0.25, -0.2) is 0 Å². The molecule has 1 aromatic rings. The van der Waals surface area contributed by atoms with E-state index in [0.717, 1.165) is 18.7 Å². The fourth-order valence-electron chi connectivity index (χ4n) is 2.55. The molecular formula is C16H22N2O. The van der Waals surface area contributed by atoms with Crippen LogP contribution in [-0.4, -0.2) is 36.0 Å². The summed E-state index contributed by atoms with van der Waals surface area (Å²) < 4.78 is 0. The Bertz CT molecular complexity index is 471. The molecule has 2 atom stereocenters. The lowest BCUT2D eigenvalue weighted by molar-refractivity contribution is -0.127. The summed E-state index contributed by atoms with van der Waals surface area (Å²) in [6.45, 7) is 7.84. The predicted octanol–water partition coefficient (Wildman–Crippen LogP) is 2.22. The first-order valence-corrected chi connectivity index (χ1v) is 6.84. The van der Waals surface area contributed by atoms with E-state index < -0.39 is 0 Å². The second-order valence-electron chi connectivity index (χ2n) is 5.46. The maximum absolute atomic E-state index is 12.2. The van der Waals surface area contributed by atoms with Gasteiger partial charge in [0.15, 0.2) is 0 Å². The van der Waals surface area contributed by atoms with Crippen molar-refractivity contribution in [1.82, 2.24) is 10.2 Å². The Morgan fingerprint density at radius 3 is 2.63 bits per heavy atom. The Hall–Kier alpha value is -1.61. The molecule has 102 valence electrons. The highest BCUT2D eigenvalue weighted by Crippen LogP contribution is 2.08. The number of hydrogen-bond donors (Lipinski definition) is 1. The first-order chi connectivity index (χ1) is 9.04. The number of nitrogens with zero attached hydrogens (tertiary/aromatic N) is 1. The van der Waals surface area contributed by atoms with E-state index in [4.69, 9.17) is 0 Å². The number of carbonyl (C=O) groups is 1. The zero-order valence-corrected chi connectivity index (χ0v) is 11.9. The quantitative estimate of drug-likeness (QED) is 0.825. The highest BCUT2D eigenvalue weighted by Gasteiger charge is 2.23. The van der Waals surface area contributed by atoms with Crippen molar-refractivity contribution in [3.8, 4) is 0 Å². The van der Waals surface area contributed by atoms with E-state index in [1.807, 2.05) is 23.1 Å². The number of aryl methyl sites for hydroxylation is 1. The van der Waals surface area contributed by atoms with E-state index in [1.165, 1.54) is 5.56 Å².